The molecule has 0 aromatic heterocycles. The first-order valence-corrected chi connectivity index (χ1v) is 26.3. The van der Waals surface area contributed by atoms with E-state index in [0.717, 1.165) is 11.1 Å². The minimum Gasteiger partial charge on any atom is -0.495 e. The largest absolute Gasteiger partial charge is 0.495 e. The van der Waals surface area contributed by atoms with Crippen molar-refractivity contribution in [2.45, 2.75) is 145 Å². The van der Waals surface area contributed by atoms with Gasteiger partial charge in [0.1, 0.15) is 40.7 Å². The first-order valence-electron chi connectivity index (χ1n) is 24.9. The summed E-state index contributed by atoms with van der Waals surface area (Å²) in [5.41, 5.74) is -1.23. The number of hydrogen-bond donors (Lipinski definition) is 2. The molecule has 9 atom stereocenters. The lowest BCUT2D eigenvalue weighted by Gasteiger charge is -2.42. The second-order valence-electron chi connectivity index (χ2n) is 20.3. The van der Waals surface area contributed by atoms with Gasteiger partial charge < -0.3 is 43.4 Å². The number of halogens is 1. The fourth-order valence-electron chi connectivity index (χ4n) is 10.3. The van der Waals surface area contributed by atoms with Crippen molar-refractivity contribution < 1.29 is 76.8 Å². The number of imide groups is 2. The molecule has 1 aromatic carbocycles. The highest BCUT2D eigenvalue weighted by molar-refractivity contribution is 8.00. The molecule has 4 bridgehead atoms. The predicted octanol–water partition coefficient (Wildman–Crippen LogP) is 4.18. The van der Waals surface area contributed by atoms with Crippen molar-refractivity contribution >= 4 is 82.5 Å². The lowest BCUT2D eigenvalue weighted by atomic mass is 9.82. The van der Waals surface area contributed by atoms with Crippen LogP contribution in [0.15, 0.2) is 35.9 Å². The molecule has 21 nitrogen and oxygen atoms in total. The molecule has 74 heavy (non-hydrogen) atoms. The van der Waals surface area contributed by atoms with Gasteiger partial charge in [-0.3, -0.25) is 39.0 Å². The number of carbonyl (C=O) groups is 9. The summed E-state index contributed by atoms with van der Waals surface area (Å²) in [7, 11) is 5.84. The number of epoxide rings is 1. The quantitative estimate of drug-likeness (QED) is 0.160. The number of esters is 1. The van der Waals surface area contributed by atoms with E-state index >= 15 is 0 Å². The van der Waals surface area contributed by atoms with E-state index in [1.807, 2.05) is 13.0 Å². The Morgan fingerprint density at radius 1 is 1.01 bits per heavy atom. The van der Waals surface area contributed by atoms with E-state index in [1.54, 1.807) is 38.1 Å². The highest BCUT2D eigenvalue weighted by Gasteiger charge is 2.64. The Balaban J connectivity index is 0.986. The second-order valence-corrected chi connectivity index (χ2v) is 22.0. The third kappa shape index (κ3) is 12.2. The molecule has 7 rings (SSSR count). The van der Waals surface area contributed by atoms with E-state index in [-0.39, 0.29) is 67.2 Å². The zero-order chi connectivity index (χ0) is 54.0. The minimum atomic E-state index is -1.89. The molecule has 1 saturated carbocycles. The molecule has 4 saturated heterocycles. The Morgan fingerprint density at radius 3 is 2.36 bits per heavy atom. The number of likely N-dealkylation sites (N-methyl/N-ethyl adjacent to an activating group) is 1. The summed E-state index contributed by atoms with van der Waals surface area (Å²) in [6.07, 6.45) is 2.04. The van der Waals surface area contributed by atoms with E-state index in [2.05, 4.69) is 5.32 Å². The van der Waals surface area contributed by atoms with E-state index in [1.165, 1.54) is 61.7 Å². The Morgan fingerprint density at radius 2 is 1.70 bits per heavy atom. The van der Waals surface area contributed by atoms with Gasteiger partial charge in [-0.2, -0.15) is 0 Å². The van der Waals surface area contributed by atoms with Gasteiger partial charge in [0.05, 0.1) is 36.5 Å². The molecule has 5 fully saturated rings. The fourth-order valence-corrected chi connectivity index (χ4v) is 11.7. The minimum absolute atomic E-state index is 0.00240. The Bertz CT molecular complexity index is 2470. The summed E-state index contributed by atoms with van der Waals surface area (Å²) >= 11 is 7.98. The molecule has 5 heterocycles. The van der Waals surface area contributed by atoms with Crippen molar-refractivity contribution in [3.05, 3.63) is 46.5 Å². The summed E-state index contributed by atoms with van der Waals surface area (Å²) in [4.78, 5) is 127. The Kier molecular flexibility index (Phi) is 17.6. The number of nitrogens with one attached hydrogen (secondary N) is 1. The summed E-state index contributed by atoms with van der Waals surface area (Å²) < 4.78 is 29.4. The monoisotopic (exact) mass is 1070 g/mol. The van der Waals surface area contributed by atoms with Gasteiger partial charge in [-0.15, -0.1) is 16.8 Å². The number of fused-ring (bicyclic) bond motifs is 5. The van der Waals surface area contributed by atoms with Crippen LogP contribution in [0.25, 0.3) is 0 Å². The maximum atomic E-state index is 14.4. The molecule has 6 aliphatic rings. The van der Waals surface area contributed by atoms with Gasteiger partial charge in [0.15, 0.2) is 5.72 Å². The van der Waals surface area contributed by atoms with Gasteiger partial charge in [-0.25, -0.2) is 14.4 Å². The number of nitrogens with zero attached hydrogens (tertiary/aromatic N) is 4. The summed E-state index contributed by atoms with van der Waals surface area (Å²) in [6.45, 7) is 6.99. The van der Waals surface area contributed by atoms with Crippen LogP contribution >= 0.6 is 23.4 Å². The zero-order valence-electron chi connectivity index (χ0n) is 42.9. The van der Waals surface area contributed by atoms with Gasteiger partial charge in [0.2, 0.25) is 23.6 Å². The maximum Gasteiger partial charge on any atom is 0.409 e. The molecular formula is C51H66ClN5O16S. The molecule has 23 heteroatoms. The number of aliphatic hydroxyl groups is 1. The van der Waals surface area contributed by atoms with Crippen molar-refractivity contribution in [1.82, 2.24) is 20.2 Å². The van der Waals surface area contributed by atoms with Crippen LogP contribution in [0, 0.1) is 17.8 Å². The van der Waals surface area contributed by atoms with Crippen LogP contribution in [0.3, 0.4) is 0 Å². The third-order valence-electron chi connectivity index (χ3n) is 15.2. The van der Waals surface area contributed by atoms with Crippen molar-refractivity contribution in [2.24, 2.45) is 17.8 Å². The van der Waals surface area contributed by atoms with Gasteiger partial charge >= 0.3 is 18.0 Å². The number of anilines is 1. The van der Waals surface area contributed by atoms with Crippen LogP contribution in [-0.4, -0.2) is 161 Å². The standard InChI is InChI=1S/C51H66ClN5O16S/c1-27-10-9-11-37(69-8)51(67)25-35(70-49(66)53-51)28(2)45-50(4,72-45)38(24-42(61)55(6)33-21-31(20-27)22-34(68-7)44(33)52)71-47(64)29(3)54(5)39(58)18-19-74-36-23-43(62)56(46(36)63)26-30-12-14-32(15-13-30)48(65)73-57-40(59)16-17-41(57)60/h9-11,21-22,28-30,32,35-38,45,67H,12-20,23-26H2,1-8H3,(H,53,66)/b11-9-,27-10-/t28-,29+,30?,32?,35+,36?,37-,38+,45+,50+,51+/m1/s1. The number of amides is 7. The Labute approximate surface area is 438 Å². The van der Waals surface area contributed by atoms with Gasteiger partial charge in [-0.05, 0) is 76.5 Å². The number of thioether (sulfide) groups is 1. The second kappa shape index (κ2) is 23.1. The molecule has 1 aromatic rings. The highest BCUT2D eigenvalue weighted by Crippen LogP contribution is 2.49. The number of methoxy groups -OCH3 is 2. The normalized spacial score (nSPS) is 32.2. The van der Waals surface area contributed by atoms with Crippen LogP contribution in [0.2, 0.25) is 5.02 Å². The highest BCUT2D eigenvalue weighted by atomic mass is 35.5. The third-order valence-corrected chi connectivity index (χ3v) is 16.8. The van der Waals surface area contributed by atoms with E-state index in [0.29, 0.717) is 48.6 Å². The van der Waals surface area contributed by atoms with Crippen LogP contribution in [0.1, 0.15) is 97.5 Å². The van der Waals surface area contributed by atoms with E-state index < -0.39 is 107 Å². The van der Waals surface area contributed by atoms with Crippen molar-refractivity contribution in [2.75, 3.05) is 45.5 Å². The molecular weight excluding hydrogens is 1010 g/mol. The molecule has 0 spiro atoms. The molecule has 2 N–H and O–H groups in total. The molecule has 7 amide bonds. The van der Waals surface area contributed by atoms with Crippen molar-refractivity contribution in [3.63, 3.8) is 0 Å². The average molecular weight is 1070 g/mol. The number of allylic oxidation sites excluding steroid dienone is 3. The van der Waals surface area contributed by atoms with E-state index in [4.69, 9.17) is 40.1 Å². The van der Waals surface area contributed by atoms with Crippen LogP contribution in [-0.2, 0) is 68.6 Å². The molecule has 1 aliphatic carbocycles. The maximum absolute atomic E-state index is 14.4. The zero-order valence-corrected chi connectivity index (χ0v) is 44.5. The predicted molar refractivity (Wildman–Crippen MR) is 266 cm³/mol. The smallest absolute Gasteiger partial charge is 0.409 e. The molecule has 1 unspecified atom stereocenters. The topological polar surface area (TPSA) is 258 Å². The number of benzene rings is 1. The number of ether oxygens (including phenoxy) is 5. The number of carbonyl (C=O) groups excluding carboxylic acids is 9. The SMILES string of the molecule is COc1cc2cc(c1Cl)N(C)C(=O)C[C@H](OC(=O)[C@H](C)N(C)C(=O)CCSC1CC(=O)N(CC3CCC(C(=O)ON4C(=O)CCC4=O)CC3)C1=O)[C@]1(C)O[C@H]1[C@H](C)[C@@H]1C[C@@](O)(NC(=O)O1)[C@H](OC)/C=C\C=C(\C)C2. The number of hydroxylamine groups is 2. The number of rotatable bonds is 13. The van der Waals surface area contributed by atoms with Crippen molar-refractivity contribution in [3.8, 4) is 5.75 Å². The molecule has 0 radical (unpaired) electrons. The first kappa shape index (κ1) is 56.2. The number of alkyl carbamates (subject to hydrolysis) is 1. The number of likely N-dealkylation sites (tertiary alicyclic amines) is 1. The van der Waals surface area contributed by atoms with Crippen molar-refractivity contribution in [1.29, 1.82) is 0 Å². The average Bonchev–Trinajstić information content (AvgIpc) is 3.87. The van der Waals surface area contributed by atoms with Gasteiger partial charge in [0, 0.05) is 71.5 Å². The van der Waals surface area contributed by atoms with E-state index in [9.17, 15) is 48.3 Å². The van der Waals surface area contributed by atoms with Gasteiger partial charge in [-0.1, -0.05) is 42.3 Å². The lowest BCUT2D eigenvalue weighted by Crippen LogP contribution is -2.63. The fraction of sp³-hybridized carbons (Fsp3) is 0.627. The lowest BCUT2D eigenvalue weighted by molar-refractivity contribution is -0.201. The molecule has 5 aliphatic heterocycles. The summed E-state index contributed by atoms with van der Waals surface area (Å²) in [5.74, 6) is -4.93. The summed E-state index contributed by atoms with van der Waals surface area (Å²) in [6, 6.07) is 2.36. The van der Waals surface area contributed by atoms with Gasteiger partial charge in [0.25, 0.3) is 11.8 Å². The first-order chi connectivity index (χ1) is 35.0. The summed E-state index contributed by atoms with van der Waals surface area (Å²) in [5, 5.41) is 14.4. The number of hydrogen-bond acceptors (Lipinski definition) is 17. The van der Waals surface area contributed by atoms with Crippen LogP contribution in [0.4, 0.5) is 10.5 Å². The Hall–Kier alpha value is -5.55. The van der Waals surface area contributed by atoms with Crippen LogP contribution in [0.5, 0.6) is 5.75 Å². The molecule has 404 valence electrons. The van der Waals surface area contributed by atoms with Crippen LogP contribution < -0.4 is 15.0 Å².